The van der Waals surface area contributed by atoms with Gasteiger partial charge in [0.15, 0.2) is 37.7 Å². The Morgan fingerprint density at radius 1 is 0.594 bits per heavy atom. The fourth-order valence-corrected chi connectivity index (χ4v) is 17.7. The molecule has 0 aromatic rings. The smallest absolute Gasteiger partial charge is 0.726 e. The first-order chi connectivity index (χ1) is 44.4. The van der Waals surface area contributed by atoms with Crippen molar-refractivity contribution in [3.8, 4) is 0 Å². The van der Waals surface area contributed by atoms with Crippen molar-refractivity contribution in [2.45, 2.75) is 316 Å². The maximum atomic E-state index is 13.3. The topological polar surface area (TPSA) is 498 Å². The van der Waals surface area contributed by atoms with E-state index in [1.54, 1.807) is 6.92 Å². The fourth-order valence-electron chi connectivity index (χ4n) is 17.2. The second kappa shape index (κ2) is 31.1. The standard InChI is InChI=1S/C62H102O32S.Na/c1-22(2)16-27(64)19-62(9,78)36-11-10-30-29-18-33(32-17-28(94-95(79,80)81)12-14-60(32,7)31(29)13-15-61(30,36)8)87-56-48(76)51(40(68)25(5)85-56)91-58-52(92-55-47(75)44(72)38(66)24(4)84-55)42(70)35(21-82-58)89-59-53(45(73)41(69)34(20-63)88-59)93-57-49(77)50(39(67)26(6)86-57)90-54-46(74)43(71)37(65)23(3)83-54;/h13,22-26,28-30,32-59,63,65-78H,10-12,14-21H2,1-9H3,(H,79,80,81);/q;+1/p-1. The predicted octanol–water partition coefficient (Wildman–Crippen LogP) is -7.16. The van der Waals surface area contributed by atoms with E-state index in [0.717, 1.165) is 5.57 Å². The third-order valence-corrected chi connectivity index (χ3v) is 22.9. The number of carbonyl (C=O) groups excluding carboxylic acids is 1. The minimum absolute atomic E-state index is 0. The van der Waals surface area contributed by atoms with Crippen LogP contribution in [0.1, 0.15) is 120 Å². The first-order valence-electron chi connectivity index (χ1n) is 33.3. The summed E-state index contributed by atoms with van der Waals surface area (Å²) in [6, 6.07) is 0. The van der Waals surface area contributed by atoms with Crippen molar-refractivity contribution in [1.82, 2.24) is 0 Å². The first-order valence-corrected chi connectivity index (χ1v) is 34.6. The number of fused-ring (bicyclic) bond motifs is 5. The normalized spacial score (nSPS) is 51.5. The summed E-state index contributed by atoms with van der Waals surface area (Å²) in [7, 11) is -5.16. The van der Waals surface area contributed by atoms with E-state index in [0.29, 0.717) is 32.1 Å². The van der Waals surface area contributed by atoms with Crippen molar-refractivity contribution in [3.63, 3.8) is 0 Å². The van der Waals surface area contributed by atoms with Crippen molar-refractivity contribution in [2.75, 3.05) is 13.2 Å². The summed E-state index contributed by atoms with van der Waals surface area (Å²) in [4.78, 5) is 13.3. The molecule has 0 bridgehead atoms. The van der Waals surface area contributed by atoms with Crippen LogP contribution in [0.3, 0.4) is 0 Å². The monoisotopic (exact) mass is 1410 g/mol. The van der Waals surface area contributed by atoms with Gasteiger partial charge in [0.1, 0.15) is 122 Å². The molecule has 6 heterocycles. The van der Waals surface area contributed by atoms with Crippen LogP contribution in [0.25, 0.3) is 0 Å². The van der Waals surface area contributed by atoms with Gasteiger partial charge in [-0.15, -0.1) is 0 Å². The van der Waals surface area contributed by atoms with Crippen LogP contribution in [-0.2, 0) is 76.2 Å². The van der Waals surface area contributed by atoms with Crippen molar-refractivity contribution in [3.05, 3.63) is 11.6 Å². The molecule has 6 saturated heterocycles. The van der Waals surface area contributed by atoms with Gasteiger partial charge >= 0.3 is 29.6 Å². The van der Waals surface area contributed by atoms with Gasteiger partial charge in [0.2, 0.25) is 10.4 Å². The number of hydrogen-bond acceptors (Lipinski definition) is 32. The van der Waals surface area contributed by atoms with Gasteiger partial charge in [-0.3, -0.25) is 8.98 Å². The summed E-state index contributed by atoms with van der Waals surface area (Å²) in [6.07, 6.45) is -47.2. The fraction of sp³-hybridized carbons (Fsp3) is 0.952. The maximum absolute atomic E-state index is 13.3. The van der Waals surface area contributed by atoms with Crippen LogP contribution in [0.4, 0.5) is 0 Å². The summed E-state index contributed by atoms with van der Waals surface area (Å²) < 4.78 is 115. The second-order valence-electron chi connectivity index (χ2n) is 29.4. The summed E-state index contributed by atoms with van der Waals surface area (Å²) >= 11 is 0. The van der Waals surface area contributed by atoms with E-state index in [9.17, 15) is 94.4 Å². The molecular formula is C62H101NaO32S. The van der Waals surface area contributed by atoms with E-state index >= 15 is 0 Å². The van der Waals surface area contributed by atoms with E-state index in [1.165, 1.54) is 27.7 Å². The zero-order chi connectivity index (χ0) is 69.6. The summed E-state index contributed by atoms with van der Waals surface area (Å²) in [6.45, 7) is 13.7. The Morgan fingerprint density at radius 2 is 1.08 bits per heavy atom. The van der Waals surface area contributed by atoms with Crippen LogP contribution >= 0.6 is 0 Å². The Morgan fingerprint density at radius 3 is 1.61 bits per heavy atom. The Balaban J connectivity index is 0.0000108. The molecule has 548 valence electrons. The van der Waals surface area contributed by atoms with Crippen LogP contribution in [0.5, 0.6) is 0 Å². The molecule has 10 aliphatic rings. The molecule has 10 rings (SSSR count). The van der Waals surface area contributed by atoms with Gasteiger partial charge in [-0.25, -0.2) is 8.42 Å². The van der Waals surface area contributed by atoms with Gasteiger partial charge in [0.25, 0.3) is 0 Å². The first kappa shape index (κ1) is 79.3. The van der Waals surface area contributed by atoms with Gasteiger partial charge in [-0.1, -0.05) is 39.3 Å². The average Bonchev–Trinajstić information content (AvgIpc) is 1.33. The Kier molecular flexibility index (Phi) is 25.7. The number of Topliss-reactive ketones (excluding diaryl/α,β-unsaturated/α-hetero) is 1. The second-order valence-corrected chi connectivity index (χ2v) is 30.4. The van der Waals surface area contributed by atoms with E-state index in [1.807, 2.05) is 13.8 Å². The minimum Gasteiger partial charge on any atom is -0.726 e. The third-order valence-electron chi connectivity index (χ3n) is 22.4. The van der Waals surface area contributed by atoms with Crippen LogP contribution in [0, 0.1) is 40.4 Å². The Hall–Kier alpha value is -0.800. The molecule has 38 atom stereocenters. The Labute approximate surface area is 579 Å². The number of aliphatic hydroxyl groups excluding tert-OH is 14. The zero-order valence-electron chi connectivity index (χ0n) is 55.7. The van der Waals surface area contributed by atoms with Gasteiger partial charge in [0, 0.05) is 12.8 Å². The number of hydrogen-bond donors (Lipinski definition) is 15. The summed E-state index contributed by atoms with van der Waals surface area (Å²) in [5, 5.41) is 169. The number of rotatable bonds is 20. The molecule has 0 amide bonds. The number of allylic oxidation sites excluding steroid dienone is 2. The van der Waals surface area contributed by atoms with Crippen molar-refractivity contribution >= 4 is 16.2 Å². The van der Waals surface area contributed by atoms with E-state index in [4.69, 9.17) is 61.0 Å². The van der Waals surface area contributed by atoms with Gasteiger partial charge < -0.3 is 138 Å². The molecule has 32 nitrogen and oxygen atoms in total. The zero-order valence-corrected chi connectivity index (χ0v) is 58.5. The molecule has 0 aromatic heterocycles. The third kappa shape index (κ3) is 15.9. The number of ether oxygens (including phenoxy) is 12. The number of aliphatic hydroxyl groups is 15. The molecular weight excluding hydrogens is 1310 g/mol. The summed E-state index contributed by atoms with van der Waals surface area (Å²) in [5.74, 6) is -0.979. The molecule has 0 radical (unpaired) electrons. The molecule has 4 aliphatic carbocycles. The largest absolute Gasteiger partial charge is 1.00 e. The van der Waals surface area contributed by atoms with Crippen molar-refractivity contribution < 1.29 is 185 Å². The van der Waals surface area contributed by atoms with Crippen LogP contribution in [-0.4, -0.2) is 305 Å². The van der Waals surface area contributed by atoms with Crippen LogP contribution in [0.2, 0.25) is 0 Å². The molecule has 0 spiro atoms. The molecule has 38 unspecified atom stereocenters. The molecule has 6 aliphatic heterocycles. The van der Waals surface area contributed by atoms with E-state index in [-0.39, 0.29) is 84.7 Å². The molecule has 3 saturated carbocycles. The SMILES string of the molecule is CC(C)CC(=O)CC(C)(O)C1CCC2C3CC(OC4OC(C)C(O)C(OC5OCC(OC6OC(CO)C(O)C(O)C6OC6OC(C)C(O)C(OC7OC(C)C(O)C(O)C7O)C6O)C(O)C5OC5OC(C)C(O)C(O)C5O)C4O)C4CC(OS(=O)(=O)[O-])CCC4(C)C3=CCC21C.[Na+]. The number of ketones is 1. The molecule has 34 heteroatoms. The predicted molar refractivity (Wildman–Crippen MR) is 315 cm³/mol. The summed E-state index contributed by atoms with van der Waals surface area (Å²) in [5.41, 5.74) is -1.39. The van der Waals surface area contributed by atoms with Crippen LogP contribution in [0.15, 0.2) is 11.6 Å². The van der Waals surface area contributed by atoms with Gasteiger partial charge in [-0.05, 0) is 120 Å². The minimum atomic E-state index is -5.16. The molecule has 0 aromatic carbocycles. The average molecular weight is 1410 g/mol. The van der Waals surface area contributed by atoms with Gasteiger partial charge in [0.05, 0.1) is 55.4 Å². The number of carbonyl (C=O) groups is 1. The quantitative estimate of drug-likeness (QED) is 0.0233. The van der Waals surface area contributed by atoms with E-state index in [2.05, 4.69) is 19.9 Å². The van der Waals surface area contributed by atoms with Gasteiger partial charge in [-0.2, -0.15) is 0 Å². The van der Waals surface area contributed by atoms with Crippen molar-refractivity contribution in [2.24, 2.45) is 40.4 Å². The molecule has 96 heavy (non-hydrogen) atoms. The van der Waals surface area contributed by atoms with E-state index < -0.39 is 236 Å². The Bertz CT molecular complexity index is 2740. The molecule has 15 N–H and O–H groups in total. The maximum Gasteiger partial charge on any atom is 1.00 e. The molecule has 9 fully saturated rings. The van der Waals surface area contributed by atoms with Crippen LogP contribution < -0.4 is 29.6 Å². The van der Waals surface area contributed by atoms with Crippen molar-refractivity contribution in [1.29, 1.82) is 0 Å².